The number of nitrogens with zero attached hydrogens (tertiary/aromatic N) is 1. The van der Waals surface area contributed by atoms with Crippen molar-refractivity contribution in [3.63, 3.8) is 0 Å². The molecule has 2 aromatic rings. The Labute approximate surface area is 163 Å². The number of amides is 1. The lowest BCUT2D eigenvalue weighted by atomic mass is 9.89. The largest absolute Gasteiger partial charge is 0.573 e. The number of terminal acetylenes is 1. The van der Waals surface area contributed by atoms with Gasteiger partial charge in [-0.05, 0) is 36.6 Å². The molecule has 5 nitrogen and oxygen atoms in total. The fourth-order valence-electron chi connectivity index (χ4n) is 2.59. The highest BCUT2D eigenvalue weighted by atomic mass is 35.5. The third-order valence-electron chi connectivity index (χ3n) is 3.93. The Bertz CT molecular complexity index is 940. The number of halogens is 4. The van der Waals surface area contributed by atoms with Crippen LogP contribution in [0.1, 0.15) is 12.5 Å². The average molecular weight is 412 g/mol. The van der Waals surface area contributed by atoms with Gasteiger partial charge in [0.15, 0.2) is 5.54 Å². The first-order valence-corrected chi connectivity index (χ1v) is 8.03. The number of rotatable bonds is 5. The highest BCUT2D eigenvalue weighted by Gasteiger charge is 2.45. The second-order valence-electron chi connectivity index (χ2n) is 5.69. The standard InChI is InChI=1S/C19H13ClF3NO4/c1-3-16(25)24(18(2,17(26)27)12-7-5-4-6-8-12)13-9-10-15(14(20)11-13)28-19(21,22)23/h1,4-11H,2H3,(H,26,27). The van der Waals surface area contributed by atoms with Crippen LogP contribution in [0.15, 0.2) is 48.5 Å². The van der Waals surface area contributed by atoms with Crippen molar-refractivity contribution in [3.8, 4) is 18.1 Å². The maximum absolute atomic E-state index is 12.4. The number of aliphatic carboxylic acids is 1. The Morgan fingerprint density at radius 2 is 1.79 bits per heavy atom. The van der Waals surface area contributed by atoms with Gasteiger partial charge in [-0.1, -0.05) is 41.9 Å². The third kappa shape index (κ3) is 4.21. The van der Waals surface area contributed by atoms with Gasteiger partial charge in [0, 0.05) is 5.69 Å². The summed E-state index contributed by atoms with van der Waals surface area (Å²) in [5.74, 6) is -1.30. The summed E-state index contributed by atoms with van der Waals surface area (Å²) in [6, 6.07) is 10.7. The van der Waals surface area contributed by atoms with Gasteiger partial charge in [0.25, 0.3) is 0 Å². The van der Waals surface area contributed by atoms with E-state index in [0.717, 1.165) is 23.1 Å². The second kappa shape index (κ2) is 7.82. The van der Waals surface area contributed by atoms with Crippen molar-refractivity contribution in [1.29, 1.82) is 0 Å². The van der Waals surface area contributed by atoms with Gasteiger partial charge in [0.05, 0.1) is 5.02 Å². The summed E-state index contributed by atoms with van der Waals surface area (Å²) in [5, 5.41) is 9.39. The molecule has 0 saturated heterocycles. The molecule has 0 aliphatic heterocycles. The van der Waals surface area contributed by atoms with Gasteiger partial charge in [-0.2, -0.15) is 0 Å². The number of hydrogen-bond donors (Lipinski definition) is 1. The van der Waals surface area contributed by atoms with E-state index < -0.39 is 34.5 Å². The molecule has 0 fully saturated rings. The third-order valence-corrected chi connectivity index (χ3v) is 4.22. The Morgan fingerprint density at radius 3 is 2.25 bits per heavy atom. The number of carboxylic acids is 1. The zero-order chi connectivity index (χ0) is 21.1. The quantitative estimate of drug-likeness (QED) is 0.749. The van der Waals surface area contributed by atoms with Crippen molar-refractivity contribution in [3.05, 3.63) is 59.1 Å². The van der Waals surface area contributed by atoms with E-state index in [4.69, 9.17) is 18.0 Å². The molecule has 0 spiro atoms. The zero-order valence-electron chi connectivity index (χ0n) is 14.3. The molecule has 9 heteroatoms. The van der Waals surface area contributed by atoms with E-state index in [-0.39, 0.29) is 11.3 Å². The molecule has 0 heterocycles. The van der Waals surface area contributed by atoms with E-state index in [1.54, 1.807) is 18.2 Å². The Kier molecular flexibility index (Phi) is 5.90. The molecule has 0 bridgehead atoms. The molecule has 0 saturated carbocycles. The maximum Gasteiger partial charge on any atom is 0.573 e. The van der Waals surface area contributed by atoms with Crippen molar-refractivity contribution < 1.29 is 32.6 Å². The van der Waals surface area contributed by atoms with Gasteiger partial charge in [-0.3, -0.25) is 9.69 Å². The number of carbonyl (C=O) groups excluding carboxylic acids is 1. The summed E-state index contributed by atoms with van der Waals surface area (Å²) in [4.78, 5) is 25.3. The number of alkyl halides is 3. The first-order chi connectivity index (χ1) is 13.0. The molecule has 2 rings (SSSR count). The van der Waals surface area contributed by atoms with Crippen molar-refractivity contribution in [2.45, 2.75) is 18.8 Å². The normalized spacial score (nSPS) is 13.1. The first kappa shape index (κ1) is 21.1. The van der Waals surface area contributed by atoms with Crippen LogP contribution in [0.4, 0.5) is 18.9 Å². The molecular formula is C19H13ClF3NO4. The first-order valence-electron chi connectivity index (χ1n) is 7.65. The molecule has 1 N–H and O–H groups in total. The number of anilines is 1. The molecule has 0 radical (unpaired) electrons. The van der Waals surface area contributed by atoms with Crippen molar-refractivity contribution >= 4 is 29.2 Å². The summed E-state index contributed by atoms with van der Waals surface area (Å²) in [5.41, 5.74) is -1.85. The minimum Gasteiger partial charge on any atom is -0.479 e. The fraction of sp³-hybridized carbons (Fsp3) is 0.158. The molecule has 146 valence electrons. The highest BCUT2D eigenvalue weighted by Crippen LogP contribution is 2.38. The number of carbonyl (C=O) groups is 2. The Morgan fingerprint density at radius 1 is 1.18 bits per heavy atom. The van der Waals surface area contributed by atoms with Crippen LogP contribution in [0.25, 0.3) is 0 Å². The van der Waals surface area contributed by atoms with E-state index in [9.17, 15) is 27.9 Å². The summed E-state index contributed by atoms with van der Waals surface area (Å²) < 4.78 is 41.1. The lowest BCUT2D eigenvalue weighted by molar-refractivity contribution is -0.274. The molecule has 1 unspecified atom stereocenters. The van der Waals surface area contributed by atoms with Gasteiger partial charge in [0.2, 0.25) is 0 Å². The van der Waals surface area contributed by atoms with E-state index >= 15 is 0 Å². The summed E-state index contributed by atoms with van der Waals surface area (Å²) in [6.07, 6.45) is 0.223. The smallest absolute Gasteiger partial charge is 0.479 e. The van der Waals surface area contributed by atoms with Crippen LogP contribution in [0.5, 0.6) is 5.75 Å². The lowest BCUT2D eigenvalue weighted by Gasteiger charge is -2.37. The van der Waals surface area contributed by atoms with Crippen LogP contribution < -0.4 is 9.64 Å². The summed E-state index contributed by atoms with van der Waals surface area (Å²) in [6.45, 7) is 1.24. The molecule has 1 amide bonds. The molecule has 0 aliphatic carbocycles. The molecular weight excluding hydrogens is 399 g/mol. The molecule has 1 atom stereocenters. The van der Waals surface area contributed by atoms with Crippen molar-refractivity contribution in [2.75, 3.05) is 4.90 Å². The van der Waals surface area contributed by atoms with Gasteiger partial charge in [0.1, 0.15) is 5.75 Å². The van der Waals surface area contributed by atoms with E-state index in [1.165, 1.54) is 19.1 Å². The topological polar surface area (TPSA) is 66.8 Å². The van der Waals surface area contributed by atoms with Crippen LogP contribution in [0, 0.1) is 12.3 Å². The predicted octanol–water partition coefficient (Wildman–Crippen LogP) is 4.20. The molecule has 28 heavy (non-hydrogen) atoms. The fourth-order valence-corrected chi connectivity index (χ4v) is 2.80. The van der Waals surface area contributed by atoms with Crippen molar-refractivity contribution in [2.24, 2.45) is 0 Å². The van der Waals surface area contributed by atoms with Crippen LogP contribution in [-0.2, 0) is 15.1 Å². The maximum atomic E-state index is 12.4. The van der Waals surface area contributed by atoms with E-state index in [1.807, 2.05) is 5.92 Å². The van der Waals surface area contributed by atoms with Crippen molar-refractivity contribution in [1.82, 2.24) is 0 Å². The minimum absolute atomic E-state index is 0.115. The highest BCUT2D eigenvalue weighted by molar-refractivity contribution is 6.32. The lowest BCUT2D eigenvalue weighted by Crippen LogP contribution is -2.53. The average Bonchev–Trinajstić information content (AvgIpc) is 2.63. The van der Waals surface area contributed by atoms with Crippen LogP contribution in [0.3, 0.4) is 0 Å². The Hall–Kier alpha value is -3.18. The number of benzene rings is 2. The van der Waals surface area contributed by atoms with Gasteiger partial charge < -0.3 is 9.84 Å². The number of ether oxygens (including phenoxy) is 1. The Balaban J connectivity index is 2.64. The number of hydrogen-bond acceptors (Lipinski definition) is 3. The van der Waals surface area contributed by atoms with Crippen LogP contribution in [-0.4, -0.2) is 23.3 Å². The molecule has 0 aliphatic rings. The zero-order valence-corrected chi connectivity index (χ0v) is 15.1. The van der Waals surface area contributed by atoms with E-state index in [2.05, 4.69) is 4.74 Å². The van der Waals surface area contributed by atoms with Crippen LogP contribution >= 0.6 is 11.6 Å². The number of carboxylic acid groups (broad SMARTS) is 1. The predicted molar refractivity (Wildman–Crippen MR) is 95.9 cm³/mol. The van der Waals surface area contributed by atoms with Gasteiger partial charge >= 0.3 is 18.2 Å². The molecule has 0 aromatic heterocycles. The monoisotopic (exact) mass is 411 g/mol. The minimum atomic E-state index is -4.97. The summed E-state index contributed by atoms with van der Waals surface area (Å²) in [7, 11) is 0. The SMILES string of the molecule is C#CC(=O)N(c1ccc(OC(F)(F)F)c(Cl)c1)C(C)(C(=O)O)c1ccccc1. The van der Waals surface area contributed by atoms with Gasteiger partial charge in [-0.25, -0.2) is 4.79 Å². The summed E-state index contributed by atoms with van der Waals surface area (Å²) >= 11 is 5.84. The van der Waals surface area contributed by atoms with E-state index in [0.29, 0.717) is 0 Å². The second-order valence-corrected chi connectivity index (χ2v) is 6.10. The molecule has 2 aromatic carbocycles. The van der Waals surface area contributed by atoms with Gasteiger partial charge in [-0.15, -0.1) is 19.6 Å². The van der Waals surface area contributed by atoms with Crippen LogP contribution in [0.2, 0.25) is 5.02 Å².